The third-order valence-electron chi connectivity index (χ3n) is 5.28. The van der Waals surface area contributed by atoms with Crippen LogP contribution < -0.4 is 15.4 Å². The average molecular weight is 383 g/mol. The van der Waals surface area contributed by atoms with E-state index in [4.69, 9.17) is 4.74 Å². The van der Waals surface area contributed by atoms with Crippen LogP contribution in [-0.2, 0) is 0 Å². The maximum absolute atomic E-state index is 12.4. The second-order valence-corrected chi connectivity index (χ2v) is 6.96. The summed E-state index contributed by atoms with van der Waals surface area (Å²) in [5.41, 5.74) is 1.98. The minimum atomic E-state index is -0.183. The highest BCUT2D eigenvalue weighted by atomic mass is 16.5. The molecule has 0 saturated carbocycles. The number of carbonyl (C=O) groups excluding carboxylic acids is 1. The first kappa shape index (κ1) is 20.2. The number of benzene rings is 2. The Balaban J connectivity index is 1.66. The first-order chi connectivity index (χ1) is 13.7. The normalized spacial score (nSPS) is 16.4. The fourth-order valence-electron chi connectivity index (χ4n) is 3.56. The predicted molar refractivity (Wildman–Crippen MR) is 113 cm³/mol. The SMILES string of the molecule is CCN1CCN(C(CNC(=O)Nc2ccccc2)c2ccc(OC)cc2)CC1. The molecule has 150 valence electrons. The Morgan fingerprint density at radius 1 is 1.04 bits per heavy atom. The standard InChI is InChI=1S/C22H30N4O2/c1-3-25-13-15-26(16-14-25)21(18-9-11-20(28-2)12-10-18)17-23-22(27)24-19-7-5-4-6-8-19/h4-12,21H,3,13-17H2,1-2H3,(H2,23,24,27). The number of anilines is 1. The number of nitrogens with one attached hydrogen (secondary N) is 2. The van der Waals surface area contributed by atoms with Crippen molar-refractivity contribution in [2.75, 3.05) is 51.7 Å². The Bertz CT molecular complexity index is 728. The number of para-hydroxylation sites is 1. The van der Waals surface area contributed by atoms with Crippen molar-refractivity contribution in [2.45, 2.75) is 13.0 Å². The van der Waals surface area contributed by atoms with Gasteiger partial charge < -0.3 is 20.3 Å². The summed E-state index contributed by atoms with van der Waals surface area (Å²) in [6.45, 7) is 7.93. The number of amides is 2. The van der Waals surface area contributed by atoms with Crippen LogP contribution in [-0.4, -0.2) is 62.2 Å². The van der Waals surface area contributed by atoms with Crippen LogP contribution in [0.25, 0.3) is 0 Å². The molecule has 0 aliphatic carbocycles. The van der Waals surface area contributed by atoms with Crippen LogP contribution in [0.4, 0.5) is 10.5 Å². The Morgan fingerprint density at radius 3 is 2.32 bits per heavy atom. The van der Waals surface area contributed by atoms with Crippen molar-refractivity contribution in [1.29, 1.82) is 0 Å². The van der Waals surface area contributed by atoms with Gasteiger partial charge in [0, 0.05) is 38.4 Å². The topological polar surface area (TPSA) is 56.8 Å². The van der Waals surface area contributed by atoms with E-state index in [1.165, 1.54) is 5.56 Å². The zero-order valence-electron chi connectivity index (χ0n) is 16.7. The zero-order chi connectivity index (χ0) is 19.8. The van der Waals surface area contributed by atoms with Gasteiger partial charge in [0.1, 0.15) is 5.75 Å². The van der Waals surface area contributed by atoms with Gasteiger partial charge in [0.05, 0.1) is 13.2 Å². The first-order valence-corrected chi connectivity index (χ1v) is 9.90. The number of urea groups is 1. The summed E-state index contributed by atoms with van der Waals surface area (Å²) in [5.74, 6) is 0.841. The largest absolute Gasteiger partial charge is 0.497 e. The molecule has 1 aliphatic heterocycles. The van der Waals surface area contributed by atoms with E-state index in [9.17, 15) is 4.79 Å². The maximum Gasteiger partial charge on any atom is 0.319 e. The van der Waals surface area contributed by atoms with E-state index in [-0.39, 0.29) is 12.1 Å². The van der Waals surface area contributed by atoms with Crippen LogP contribution in [0.3, 0.4) is 0 Å². The van der Waals surface area contributed by atoms with Crippen LogP contribution in [0.2, 0.25) is 0 Å². The van der Waals surface area contributed by atoms with Gasteiger partial charge in [-0.25, -0.2) is 4.79 Å². The lowest BCUT2D eigenvalue weighted by molar-refractivity contribution is 0.0992. The van der Waals surface area contributed by atoms with Crippen LogP contribution in [0.5, 0.6) is 5.75 Å². The van der Waals surface area contributed by atoms with Crippen molar-refractivity contribution in [3.8, 4) is 5.75 Å². The summed E-state index contributed by atoms with van der Waals surface area (Å²) in [6, 6.07) is 17.6. The molecule has 6 nitrogen and oxygen atoms in total. The number of piperazine rings is 1. The van der Waals surface area contributed by atoms with Gasteiger partial charge in [0.2, 0.25) is 0 Å². The lowest BCUT2D eigenvalue weighted by Gasteiger charge is -2.39. The summed E-state index contributed by atoms with van der Waals surface area (Å²) >= 11 is 0. The predicted octanol–water partition coefficient (Wildman–Crippen LogP) is 3.20. The van der Waals surface area contributed by atoms with E-state index in [2.05, 4.69) is 39.5 Å². The molecule has 0 radical (unpaired) electrons. The Kier molecular flexibility index (Phi) is 7.28. The number of methoxy groups -OCH3 is 1. The maximum atomic E-state index is 12.4. The number of carbonyl (C=O) groups is 1. The number of likely N-dealkylation sites (N-methyl/N-ethyl adjacent to an activating group) is 1. The van der Waals surface area contributed by atoms with Gasteiger partial charge >= 0.3 is 6.03 Å². The molecule has 0 bridgehead atoms. The summed E-state index contributed by atoms with van der Waals surface area (Å²) in [5, 5.41) is 5.93. The van der Waals surface area contributed by atoms with Crippen LogP contribution in [0.15, 0.2) is 54.6 Å². The average Bonchev–Trinajstić information content (AvgIpc) is 2.75. The number of hydrogen-bond donors (Lipinski definition) is 2. The second-order valence-electron chi connectivity index (χ2n) is 6.96. The summed E-state index contributed by atoms with van der Waals surface area (Å²) in [4.78, 5) is 17.3. The lowest BCUT2D eigenvalue weighted by Crippen LogP contribution is -2.49. The Labute approximate surface area is 167 Å². The molecule has 2 N–H and O–H groups in total. The molecule has 1 aliphatic rings. The lowest BCUT2D eigenvalue weighted by atomic mass is 10.0. The fourth-order valence-corrected chi connectivity index (χ4v) is 3.56. The third-order valence-corrected chi connectivity index (χ3v) is 5.28. The van der Waals surface area contributed by atoms with Gasteiger partial charge in [-0.1, -0.05) is 37.3 Å². The van der Waals surface area contributed by atoms with Gasteiger partial charge in [0.15, 0.2) is 0 Å². The van der Waals surface area contributed by atoms with Gasteiger partial charge in [-0.3, -0.25) is 4.90 Å². The monoisotopic (exact) mass is 382 g/mol. The fraction of sp³-hybridized carbons (Fsp3) is 0.409. The van der Waals surface area contributed by atoms with Crippen LogP contribution >= 0.6 is 0 Å². The van der Waals surface area contributed by atoms with Gasteiger partial charge in [0.25, 0.3) is 0 Å². The van der Waals surface area contributed by atoms with Crippen molar-refractivity contribution in [2.24, 2.45) is 0 Å². The molecule has 0 aromatic heterocycles. The molecular weight excluding hydrogens is 352 g/mol. The van der Waals surface area contributed by atoms with Crippen molar-refractivity contribution < 1.29 is 9.53 Å². The van der Waals surface area contributed by atoms with Crippen molar-refractivity contribution in [3.63, 3.8) is 0 Å². The molecule has 2 aromatic rings. The minimum Gasteiger partial charge on any atom is -0.497 e. The molecule has 1 unspecified atom stereocenters. The molecule has 1 fully saturated rings. The highest BCUT2D eigenvalue weighted by Crippen LogP contribution is 2.24. The van der Waals surface area contributed by atoms with E-state index in [0.717, 1.165) is 44.2 Å². The second kappa shape index (κ2) is 10.1. The zero-order valence-corrected chi connectivity index (χ0v) is 16.7. The van der Waals surface area contributed by atoms with Gasteiger partial charge in [-0.05, 0) is 36.4 Å². The molecule has 1 heterocycles. The van der Waals surface area contributed by atoms with Crippen molar-refractivity contribution in [1.82, 2.24) is 15.1 Å². The number of nitrogens with zero attached hydrogens (tertiary/aromatic N) is 2. The number of hydrogen-bond acceptors (Lipinski definition) is 4. The van der Waals surface area contributed by atoms with Gasteiger partial charge in [-0.15, -0.1) is 0 Å². The van der Waals surface area contributed by atoms with Crippen LogP contribution in [0, 0.1) is 0 Å². The minimum absolute atomic E-state index is 0.131. The van der Waals surface area contributed by atoms with Crippen molar-refractivity contribution >= 4 is 11.7 Å². The molecule has 2 aromatic carbocycles. The Hall–Kier alpha value is -2.57. The van der Waals surface area contributed by atoms with E-state index < -0.39 is 0 Å². The van der Waals surface area contributed by atoms with Crippen molar-refractivity contribution in [3.05, 3.63) is 60.2 Å². The van der Waals surface area contributed by atoms with Crippen LogP contribution in [0.1, 0.15) is 18.5 Å². The molecule has 1 saturated heterocycles. The quantitative estimate of drug-likeness (QED) is 0.772. The third kappa shape index (κ3) is 5.47. The highest BCUT2D eigenvalue weighted by molar-refractivity contribution is 5.89. The summed E-state index contributed by atoms with van der Waals surface area (Å²) < 4.78 is 5.29. The molecule has 3 rings (SSSR count). The molecule has 0 spiro atoms. The number of ether oxygens (including phenoxy) is 1. The van der Waals surface area contributed by atoms with E-state index in [1.54, 1.807) is 7.11 Å². The summed E-state index contributed by atoms with van der Waals surface area (Å²) in [7, 11) is 1.67. The Morgan fingerprint density at radius 2 is 1.71 bits per heavy atom. The highest BCUT2D eigenvalue weighted by Gasteiger charge is 2.25. The summed E-state index contributed by atoms with van der Waals surface area (Å²) in [6.07, 6.45) is 0. The molecule has 2 amide bonds. The van der Waals surface area contributed by atoms with E-state index >= 15 is 0 Å². The molecule has 6 heteroatoms. The first-order valence-electron chi connectivity index (χ1n) is 9.90. The number of rotatable bonds is 7. The van der Waals surface area contributed by atoms with Gasteiger partial charge in [-0.2, -0.15) is 0 Å². The smallest absolute Gasteiger partial charge is 0.319 e. The molecular formula is C22H30N4O2. The molecule has 1 atom stereocenters. The van der Waals surface area contributed by atoms with E-state index in [1.807, 2.05) is 42.5 Å². The molecule has 28 heavy (non-hydrogen) atoms. The van der Waals surface area contributed by atoms with E-state index in [0.29, 0.717) is 6.54 Å².